The van der Waals surface area contributed by atoms with Crippen LogP contribution >= 0.6 is 0 Å². The molecule has 1 fully saturated rings. The highest BCUT2D eigenvalue weighted by Crippen LogP contribution is 2.33. The first-order chi connectivity index (χ1) is 11.5. The molecule has 0 unspecified atom stereocenters. The summed E-state index contributed by atoms with van der Waals surface area (Å²) in [5, 5.41) is 2.69. The number of hydrogen-bond donors (Lipinski definition) is 2. The van der Waals surface area contributed by atoms with Crippen molar-refractivity contribution in [3.63, 3.8) is 0 Å². The van der Waals surface area contributed by atoms with Crippen LogP contribution in [0.5, 0.6) is 5.75 Å². The van der Waals surface area contributed by atoms with Gasteiger partial charge in [0.05, 0.1) is 6.54 Å². The maximum Gasteiger partial charge on any atom is 0.293 e. The summed E-state index contributed by atoms with van der Waals surface area (Å²) >= 11 is 0. The van der Waals surface area contributed by atoms with E-state index in [1.54, 1.807) is 6.07 Å². The Morgan fingerprint density at radius 1 is 1.50 bits per heavy atom. The van der Waals surface area contributed by atoms with Gasteiger partial charge in [-0.25, -0.2) is 4.98 Å². The molecular formula is C16H22N4O4. The van der Waals surface area contributed by atoms with Crippen molar-refractivity contribution in [2.45, 2.75) is 37.3 Å². The molecule has 24 heavy (non-hydrogen) atoms. The van der Waals surface area contributed by atoms with Crippen molar-refractivity contribution in [1.82, 2.24) is 4.98 Å². The molecule has 1 amide bonds. The maximum absolute atomic E-state index is 11.4. The SMILES string of the molecule is CN(CC1(OC=O)CCC(N)CC1)c1ccc2c(n1)NC(=O)CO2. The van der Waals surface area contributed by atoms with Crippen molar-refractivity contribution in [3.05, 3.63) is 12.1 Å². The van der Waals surface area contributed by atoms with Crippen LogP contribution in [0.2, 0.25) is 0 Å². The first kappa shape index (κ1) is 16.5. The number of nitrogens with zero attached hydrogens (tertiary/aromatic N) is 2. The number of fused-ring (bicyclic) bond motifs is 1. The van der Waals surface area contributed by atoms with Gasteiger partial charge in [-0.2, -0.15) is 0 Å². The van der Waals surface area contributed by atoms with Gasteiger partial charge in [0.15, 0.2) is 18.2 Å². The summed E-state index contributed by atoms with van der Waals surface area (Å²) in [7, 11) is 1.88. The van der Waals surface area contributed by atoms with E-state index in [9.17, 15) is 9.59 Å². The number of nitrogens with two attached hydrogens (primary N) is 1. The molecule has 8 nitrogen and oxygen atoms in total. The number of pyridine rings is 1. The molecule has 0 saturated heterocycles. The maximum atomic E-state index is 11.4. The molecule has 130 valence electrons. The summed E-state index contributed by atoms with van der Waals surface area (Å²) in [6.07, 6.45) is 3.09. The Kier molecular flexibility index (Phi) is 4.57. The van der Waals surface area contributed by atoms with Crippen LogP contribution in [0.25, 0.3) is 0 Å². The molecule has 0 radical (unpaired) electrons. The quantitative estimate of drug-likeness (QED) is 0.762. The third kappa shape index (κ3) is 3.43. The predicted octanol–water partition coefficient (Wildman–Crippen LogP) is 0.662. The zero-order valence-corrected chi connectivity index (χ0v) is 13.7. The highest BCUT2D eigenvalue weighted by molar-refractivity contribution is 5.94. The number of carbonyl (C=O) groups is 2. The fourth-order valence-corrected chi connectivity index (χ4v) is 3.26. The lowest BCUT2D eigenvalue weighted by Gasteiger charge is -2.40. The van der Waals surface area contributed by atoms with Gasteiger partial charge in [-0.05, 0) is 37.8 Å². The van der Waals surface area contributed by atoms with E-state index in [0.717, 1.165) is 25.7 Å². The Bertz CT molecular complexity index is 629. The molecule has 8 heteroatoms. The largest absolute Gasteiger partial charge is 0.480 e. The number of anilines is 2. The highest BCUT2D eigenvalue weighted by Gasteiger charge is 2.37. The van der Waals surface area contributed by atoms with E-state index >= 15 is 0 Å². The number of carbonyl (C=O) groups excluding carboxylic acids is 2. The van der Waals surface area contributed by atoms with Crippen molar-refractivity contribution in [2.24, 2.45) is 5.73 Å². The zero-order valence-electron chi connectivity index (χ0n) is 13.7. The fraction of sp³-hybridized carbons (Fsp3) is 0.562. The van der Waals surface area contributed by atoms with Crippen LogP contribution in [0.4, 0.5) is 11.6 Å². The molecule has 3 rings (SSSR count). The van der Waals surface area contributed by atoms with Gasteiger partial charge in [0.25, 0.3) is 12.4 Å². The average Bonchev–Trinajstić information content (AvgIpc) is 2.57. The molecule has 0 spiro atoms. The lowest BCUT2D eigenvalue weighted by Crippen LogP contribution is -2.48. The van der Waals surface area contributed by atoms with Gasteiger partial charge in [0.2, 0.25) is 0 Å². The molecule has 3 N–H and O–H groups in total. The topological polar surface area (TPSA) is 107 Å². The van der Waals surface area contributed by atoms with Crippen LogP contribution in [0.15, 0.2) is 12.1 Å². The molecule has 1 aliphatic heterocycles. The van der Waals surface area contributed by atoms with Crippen molar-refractivity contribution in [3.8, 4) is 5.75 Å². The number of amides is 1. The van der Waals surface area contributed by atoms with Gasteiger partial charge < -0.3 is 25.4 Å². The van der Waals surface area contributed by atoms with Gasteiger partial charge in [0.1, 0.15) is 11.4 Å². The summed E-state index contributed by atoms with van der Waals surface area (Å²) in [4.78, 5) is 28.7. The Balaban J connectivity index is 1.75. The molecule has 2 aliphatic rings. The summed E-state index contributed by atoms with van der Waals surface area (Å²) in [5.41, 5.74) is 5.41. The lowest BCUT2D eigenvalue weighted by atomic mass is 9.82. The summed E-state index contributed by atoms with van der Waals surface area (Å²) in [5.74, 6) is 1.40. The highest BCUT2D eigenvalue weighted by atomic mass is 16.5. The first-order valence-corrected chi connectivity index (χ1v) is 8.03. The van der Waals surface area contributed by atoms with Gasteiger partial charge in [0, 0.05) is 13.1 Å². The van der Waals surface area contributed by atoms with Gasteiger partial charge in [-0.15, -0.1) is 0 Å². The van der Waals surface area contributed by atoms with Crippen LogP contribution in [0, 0.1) is 0 Å². The predicted molar refractivity (Wildman–Crippen MR) is 88.0 cm³/mol. The van der Waals surface area contributed by atoms with Gasteiger partial charge in [-0.3, -0.25) is 9.59 Å². The summed E-state index contributed by atoms with van der Waals surface area (Å²) < 4.78 is 10.8. The van der Waals surface area contributed by atoms with E-state index < -0.39 is 5.60 Å². The first-order valence-electron chi connectivity index (χ1n) is 8.03. The van der Waals surface area contributed by atoms with Crippen molar-refractivity contribution >= 4 is 24.0 Å². The van der Waals surface area contributed by atoms with Gasteiger partial charge >= 0.3 is 0 Å². The van der Waals surface area contributed by atoms with Gasteiger partial charge in [-0.1, -0.05) is 0 Å². The molecule has 1 aromatic heterocycles. The second kappa shape index (κ2) is 6.64. The Labute approximate surface area is 140 Å². The van der Waals surface area contributed by atoms with E-state index in [1.807, 2.05) is 18.0 Å². The standard InChI is InChI=1S/C16H22N4O4/c1-20(9-16(24-10-21)6-4-11(17)5-7-16)13-3-2-12-15(18-13)19-14(22)8-23-12/h2-3,10-11H,4-9,17H2,1H3,(H,18,19,22). The van der Waals surface area contributed by atoms with Crippen LogP contribution in [-0.2, 0) is 14.3 Å². The molecule has 0 bridgehead atoms. The van der Waals surface area contributed by atoms with Crippen molar-refractivity contribution in [1.29, 1.82) is 0 Å². The minimum absolute atomic E-state index is 0.000404. The summed E-state index contributed by atoms with van der Waals surface area (Å²) in [6.45, 7) is 1.03. The molecule has 2 heterocycles. The van der Waals surface area contributed by atoms with Crippen molar-refractivity contribution in [2.75, 3.05) is 30.4 Å². The average molecular weight is 334 g/mol. The normalized spacial score (nSPS) is 25.9. The molecule has 1 saturated carbocycles. The van der Waals surface area contributed by atoms with Crippen molar-refractivity contribution < 1.29 is 19.1 Å². The number of hydrogen-bond acceptors (Lipinski definition) is 7. The minimum Gasteiger partial charge on any atom is -0.480 e. The van der Waals surface area contributed by atoms with E-state index in [1.165, 1.54) is 0 Å². The molecule has 1 aromatic rings. The number of aromatic nitrogens is 1. The Morgan fingerprint density at radius 3 is 2.96 bits per heavy atom. The van der Waals surface area contributed by atoms with E-state index in [4.69, 9.17) is 15.2 Å². The van der Waals surface area contributed by atoms with Crippen LogP contribution in [-0.4, -0.2) is 49.2 Å². The number of rotatable bonds is 5. The van der Waals surface area contributed by atoms with Crippen LogP contribution < -0.4 is 20.7 Å². The Morgan fingerprint density at radius 2 is 2.25 bits per heavy atom. The van der Waals surface area contributed by atoms with Crippen LogP contribution in [0.3, 0.4) is 0 Å². The second-order valence-electron chi connectivity index (χ2n) is 6.44. The number of ether oxygens (including phenoxy) is 2. The third-order valence-corrected chi connectivity index (χ3v) is 4.62. The van der Waals surface area contributed by atoms with Crippen LogP contribution in [0.1, 0.15) is 25.7 Å². The minimum atomic E-state index is -0.552. The zero-order chi connectivity index (χ0) is 17.2. The number of nitrogens with one attached hydrogen (secondary N) is 1. The smallest absolute Gasteiger partial charge is 0.293 e. The lowest BCUT2D eigenvalue weighted by molar-refractivity contribution is -0.146. The fourth-order valence-electron chi connectivity index (χ4n) is 3.26. The monoisotopic (exact) mass is 334 g/mol. The molecular weight excluding hydrogens is 312 g/mol. The molecule has 1 aliphatic carbocycles. The van der Waals surface area contributed by atoms with E-state index in [0.29, 0.717) is 30.4 Å². The van der Waals surface area contributed by atoms with E-state index in [-0.39, 0.29) is 18.6 Å². The molecule has 0 atom stereocenters. The Hall–Kier alpha value is -2.35. The number of likely N-dealkylation sites (N-methyl/N-ethyl adjacent to an activating group) is 1. The second-order valence-corrected chi connectivity index (χ2v) is 6.44. The molecule has 0 aromatic carbocycles. The van der Waals surface area contributed by atoms with E-state index in [2.05, 4.69) is 10.3 Å². The third-order valence-electron chi connectivity index (χ3n) is 4.62. The summed E-state index contributed by atoms with van der Waals surface area (Å²) in [6, 6.07) is 3.75.